The van der Waals surface area contributed by atoms with Crippen LogP contribution in [-0.4, -0.2) is 81.1 Å². The molecule has 33 heavy (non-hydrogen) atoms. The number of aliphatic hydroxyl groups excluding tert-OH is 3. The molecule has 0 aliphatic heterocycles. The van der Waals surface area contributed by atoms with Crippen molar-refractivity contribution in [3.63, 3.8) is 0 Å². The standard InChI is InChI=1S/C6H14O3.3C4H6O2.C3H7NO2/c1-2-6(3-7,4-8)5-9;3*1-3(2)4(5)6;1-2-6-3(4)5/h7-9H,2-5H2,1H3;3*1H2,2H3,(H,5,6);2H2,1H3,(H2,4,5). The van der Waals surface area contributed by atoms with Crippen LogP contribution in [0.25, 0.3) is 0 Å². The average molecular weight is 482 g/mol. The maximum atomic E-state index is 9.60. The minimum absolute atomic E-state index is 0.156. The Balaban J connectivity index is -0.000000100. The monoisotopic (exact) mass is 481 g/mol. The number of amides is 1. The molecule has 12 heteroatoms. The highest BCUT2D eigenvalue weighted by Crippen LogP contribution is 2.18. The van der Waals surface area contributed by atoms with E-state index < -0.39 is 29.4 Å². The number of ether oxygens (including phenoxy) is 1. The zero-order valence-corrected chi connectivity index (χ0v) is 20.0. The fraction of sp³-hybridized carbons (Fsp3) is 0.524. The summed E-state index contributed by atoms with van der Waals surface area (Å²) in [4.78, 5) is 38.4. The molecule has 0 saturated heterocycles. The maximum absolute atomic E-state index is 9.60. The highest BCUT2D eigenvalue weighted by molar-refractivity contribution is 5.85. The number of carbonyl (C=O) groups excluding carboxylic acids is 1. The first-order valence-corrected chi connectivity index (χ1v) is 9.36. The number of hydrogen-bond donors (Lipinski definition) is 7. The third-order valence-electron chi connectivity index (χ3n) is 3.14. The topological polar surface area (TPSA) is 225 Å². The second-order valence-electron chi connectivity index (χ2n) is 6.34. The van der Waals surface area contributed by atoms with Gasteiger partial charge < -0.3 is 41.1 Å². The fourth-order valence-electron chi connectivity index (χ4n) is 0.628. The molecule has 0 bridgehead atoms. The molecule has 0 unspecified atom stereocenters. The molecule has 194 valence electrons. The highest BCUT2D eigenvalue weighted by atomic mass is 16.5. The third-order valence-corrected chi connectivity index (χ3v) is 3.14. The van der Waals surface area contributed by atoms with Crippen LogP contribution in [0.5, 0.6) is 0 Å². The van der Waals surface area contributed by atoms with Crippen molar-refractivity contribution in [3.05, 3.63) is 36.5 Å². The lowest BCUT2D eigenvalue weighted by atomic mass is 9.88. The molecule has 0 aromatic rings. The van der Waals surface area contributed by atoms with Crippen molar-refractivity contribution in [1.82, 2.24) is 0 Å². The second kappa shape index (κ2) is 25.0. The lowest BCUT2D eigenvalue weighted by Gasteiger charge is -2.24. The number of aliphatic carboxylic acids is 3. The van der Waals surface area contributed by atoms with E-state index >= 15 is 0 Å². The minimum atomic E-state index is -0.935. The van der Waals surface area contributed by atoms with Crippen LogP contribution in [0, 0.1) is 5.41 Å². The number of carbonyl (C=O) groups is 4. The van der Waals surface area contributed by atoms with Crippen molar-refractivity contribution >= 4 is 24.0 Å². The van der Waals surface area contributed by atoms with E-state index in [-0.39, 0.29) is 36.5 Å². The molecular formula is C21H39NO11. The Bertz CT molecular complexity index is 513. The largest absolute Gasteiger partial charge is 0.478 e. The molecule has 0 aliphatic rings. The van der Waals surface area contributed by atoms with Crippen LogP contribution in [0.3, 0.4) is 0 Å². The van der Waals surface area contributed by atoms with Gasteiger partial charge in [0.1, 0.15) is 0 Å². The van der Waals surface area contributed by atoms with Crippen molar-refractivity contribution < 1.29 is 54.6 Å². The van der Waals surface area contributed by atoms with Crippen molar-refractivity contribution in [3.8, 4) is 0 Å². The highest BCUT2D eigenvalue weighted by Gasteiger charge is 2.24. The van der Waals surface area contributed by atoms with E-state index in [4.69, 9.17) is 30.6 Å². The van der Waals surface area contributed by atoms with E-state index in [2.05, 4.69) is 30.2 Å². The van der Waals surface area contributed by atoms with Crippen LogP contribution < -0.4 is 5.73 Å². The van der Waals surface area contributed by atoms with Gasteiger partial charge in [-0.25, -0.2) is 19.2 Å². The zero-order valence-electron chi connectivity index (χ0n) is 20.0. The van der Waals surface area contributed by atoms with Gasteiger partial charge in [0.15, 0.2) is 0 Å². The first-order valence-electron chi connectivity index (χ1n) is 9.36. The molecule has 12 nitrogen and oxygen atoms in total. The molecule has 0 aromatic carbocycles. The third kappa shape index (κ3) is 36.5. The summed E-state index contributed by atoms with van der Waals surface area (Å²) in [5, 5.41) is 49.6. The molecule has 0 spiro atoms. The zero-order chi connectivity index (χ0) is 27.8. The van der Waals surface area contributed by atoms with Gasteiger partial charge in [0, 0.05) is 22.1 Å². The van der Waals surface area contributed by atoms with Gasteiger partial charge in [0.25, 0.3) is 0 Å². The van der Waals surface area contributed by atoms with E-state index in [1.54, 1.807) is 6.92 Å². The second-order valence-corrected chi connectivity index (χ2v) is 6.34. The number of hydrogen-bond acceptors (Lipinski definition) is 8. The van der Waals surface area contributed by atoms with Crippen LogP contribution in [0.15, 0.2) is 36.5 Å². The lowest BCUT2D eigenvalue weighted by Crippen LogP contribution is -2.32. The normalized spacial score (nSPS) is 8.73. The maximum Gasteiger partial charge on any atom is 0.404 e. The van der Waals surface area contributed by atoms with E-state index in [1.807, 2.05) is 6.92 Å². The average Bonchev–Trinajstić information content (AvgIpc) is 2.71. The fourth-order valence-corrected chi connectivity index (χ4v) is 0.628. The smallest absolute Gasteiger partial charge is 0.404 e. The Morgan fingerprint density at radius 3 is 0.939 bits per heavy atom. The van der Waals surface area contributed by atoms with Gasteiger partial charge in [-0.3, -0.25) is 0 Å². The SMILES string of the molecule is C=C(C)C(=O)O.C=C(C)C(=O)O.C=C(C)C(=O)O.CCC(CO)(CO)CO.CCOC(N)=O. The molecule has 0 aliphatic carbocycles. The first kappa shape index (κ1) is 40.2. The summed E-state index contributed by atoms with van der Waals surface area (Å²) in [6.45, 7) is 17.2. The number of nitrogens with two attached hydrogens (primary N) is 1. The Morgan fingerprint density at radius 2 is 0.939 bits per heavy atom. The van der Waals surface area contributed by atoms with Gasteiger partial charge in [-0.15, -0.1) is 0 Å². The summed E-state index contributed by atoms with van der Waals surface area (Å²) >= 11 is 0. The van der Waals surface area contributed by atoms with E-state index in [0.717, 1.165) is 0 Å². The Hall–Kier alpha value is -3.22. The number of carboxylic acid groups (broad SMARTS) is 3. The van der Waals surface area contributed by atoms with Crippen LogP contribution in [-0.2, 0) is 19.1 Å². The first-order chi connectivity index (χ1) is 14.9. The molecule has 0 fully saturated rings. The van der Waals surface area contributed by atoms with Gasteiger partial charge >= 0.3 is 24.0 Å². The number of primary amides is 1. The van der Waals surface area contributed by atoms with Gasteiger partial charge in [-0.2, -0.15) is 0 Å². The summed E-state index contributed by atoms with van der Waals surface area (Å²) in [5.41, 5.74) is 4.40. The predicted octanol–water partition coefficient (Wildman–Crippen LogP) is 1.40. The molecule has 0 rings (SSSR count). The molecule has 0 aromatic heterocycles. The van der Waals surface area contributed by atoms with Gasteiger partial charge in [-0.1, -0.05) is 26.7 Å². The van der Waals surface area contributed by atoms with Crippen LogP contribution in [0.4, 0.5) is 4.79 Å². The molecule has 0 atom stereocenters. The van der Waals surface area contributed by atoms with E-state index in [0.29, 0.717) is 13.0 Å². The van der Waals surface area contributed by atoms with Crippen LogP contribution >= 0.6 is 0 Å². The quantitative estimate of drug-likeness (QED) is 0.245. The predicted molar refractivity (Wildman–Crippen MR) is 123 cm³/mol. The Kier molecular flexibility index (Phi) is 30.5. The molecule has 0 saturated carbocycles. The summed E-state index contributed by atoms with van der Waals surface area (Å²) in [7, 11) is 0. The minimum Gasteiger partial charge on any atom is -0.478 e. The van der Waals surface area contributed by atoms with Gasteiger partial charge in [0.2, 0.25) is 0 Å². The van der Waals surface area contributed by atoms with Gasteiger partial charge in [-0.05, 0) is 34.1 Å². The number of rotatable bonds is 8. The van der Waals surface area contributed by atoms with Crippen LogP contribution in [0.1, 0.15) is 41.0 Å². The molecule has 8 N–H and O–H groups in total. The van der Waals surface area contributed by atoms with Crippen LogP contribution in [0.2, 0.25) is 0 Å². The molecule has 0 radical (unpaired) electrons. The van der Waals surface area contributed by atoms with Gasteiger partial charge in [0.05, 0.1) is 26.4 Å². The van der Waals surface area contributed by atoms with Crippen molar-refractivity contribution in [2.24, 2.45) is 11.1 Å². The van der Waals surface area contributed by atoms with E-state index in [9.17, 15) is 19.2 Å². The molecular weight excluding hydrogens is 442 g/mol. The van der Waals surface area contributed by atoms with Crippen molar-refractivity contribution in [2.45, 2.75) is 41.0 Å². The lowest BCUT2D eigenvalue weighted by molar-refractivity contribution is -0.133. The summed E-state index contributed by atoms with van der Waals surface area (Å²) in [5.74, 6) is -2.81. The summed E-state index contributed by atoms with van der Waals surface area (Å²) in [6.07, 6.45) is -0.117. The molecule has 1 amide bonds. The summed E-state index contributed by atoms with van der Waals surface area (Å²) < 4.78 is 4.18. The Labute approximate surface area is 194 Å². The molecule has 0 heterocycles. The summed E-state index contributed by atoms with van der Waals surface area (Å²) in [6, 6.07) is 0. The van der Waals surface area contributed by atoms with E-state index in [1.165, 1.54) is 20.8 Å². The number of carboxylic acids is 3. The number of aliphatic hydroxyl groups is 3. The Morgan fingerprint density at radius 1 is 0.727 bits per heavy atom. The van der Waals surface area contributed by atoms with Crippen molar-refractivity contribution in [1.29, 1.82) is 0 Å². The van der Waals surface area contributed by atoms with Crippen molar-refractivity contribution in [2.75, 3.05) is 26.4 Å².